The number of benzene rings is 1. The minimum atomic E-state index is -0.711. The Morgan fingerprint density at radius 2 is 2.00 bits per heavy atom. The number of carbonyl (C=O) groups excluding carboxylic acids is 1. The van der Waals surface area contributed by atoms with Crippen LogP contribution in [0.5, 0.6) is 0 Å². The predicted octanol–water partition coefficient (Wildman–Crippen LogP) is 2.04. The molecule has 0 bridgehead atoms. The van der Waals surface area contributed by atoms with Gasteiger partial charge in [-0.05, 0) is 18.9 Å². The second kappa shape index (κ2) is 8.67. The van der Waals surface area contributed by atoms with Gasteiger partial charge in [-0.25, -0.2) is 0 Å². The molecular weight excluding hydrogens is 242 g/mol. The highest BCUT2D eigenvalue weighted by molar-refractivity contribution is 5.69. The van der Waals surface area contributed by atoms with Crippen LogP contribution in [0, 0.1) is 0 Å². The summed E-state index contributed by atoms with van der Waals surface area (Å²) in [7, 11) is 0. The zero-order valence-corrected chi connectivity index (χ0v) is 11.6. The molecule has 0 radical (unpaired) electrons. The standard InChI is InChI=1S/C15H23NO3/c1-3-14(12-8-6-5-7-9-12)16-11-13(17)10-15(18)19-4-2/h5-9,13-14,16-17H,3-4,10-11H2,1-2H3. The van der Waals surface area contributed by atoms with Crippen molar-refractivity contribution >= 4 is 5.97 Å². The van der Waals surface area contributed by atoms with Crippen LogP contribution >= 0.6 is 0 Å². The number of esters is 1. The van der Waals surface area contributed by atoms with Gasteiger partial charge in [-0.3, -0.25) is 4.79 Å². The molecule has 19 heavy (non-hydrogen) atoms. The Labute approximate surface area is 114 Å². The van der Waals surface area contributed by atoms with Crippen LogP contribution in [0.1, 0.15) is 38.3 Å². The minimum absolute atomic E-state index is 0.0338. The monoisotopic (exact) mass is 265 g/mol. The van der Waals surface area contributed by atoms with Crippen molar-refractivity contribution in [2.45, 2.75) is 38.8 Å². The second-order valence-electron chi connectivity index (χ2n) is 4.44. The normalized spacial score (nSPS) is 13.8. The summed E-state index contributed by atoms with van der Waals surface area (Å²) in [5.41, 5.74) is 1.19. The molecule has 1 rings (SSSR count). The number of aliphatic hydroxyl groups excluding tert-OH is 1. The molecule has 0 aliphatic carbocycles. The molecular formula is C15H23NO3. The van der Waals surface area contributed by atoms with Gasteiger partial charge in [0.25, 0.3) is 0 Å². The van der Waals surface area contributed by atoms with Gasteiger partial charge >= 0.3 is 5.97 Å². The fourth-order valence-corrected chi connectivity index (χ4v) is 1.95. The summed E-state index contributed by atoms with van der Waals surface area (Å²) in [5, 5.41) is 13.0. The maximum absolute atomic E-state index is 11.2. The lowest BCUT2D eigenvalue weighted by atomic mass is 10.0. The van der Waals surface area contributed by atoms with Crippen LogP contribution in [0.25, 0.3) is 0 Å². The van der Waals surface area contributed by atoms with Crippen LogP contribution < -0.4 is 5.32 Å². The van der Waals surface area contributed by atoms with Gasteiger partial charge in [-0.1, -0.05) is 37.3 Å². The summed E-state index contributed by atoms with van der Waals surface area (Å²) in [5.74, 6) is -0.357. The molecule has 0 aromatic heterocycles. The molecule has 2 unspecified atom stereocenters. The van der Waals surface area contributed by atoms with Crippen LogP contribution in [-0.2, 0) is 9.53 Å². The van der Waals surface area contributed by atoms with Crippen molar-refractivity contribution in [1.29, 1.82) is 0 Å². The summed E-state index contributed by atoms with van der Waals surface area (Å²) < 4.78 is 4.80. The molecule has 0 aliphatic rings. The summed E-state index contributed by atoms with van der Waals surface area (Å²) >= 11 is 0. The first kappa shape index (κ1) is 15.7. The number of ether oxygens (including phenoxy) is 1. The van der Waals surface area contributed by atoms with Crippen molar-refractivity contribution in [3.63, 3.8) is 0 Å². The van der Waals surface area contributed by atoms with E-state index in [-0.39, 0.29) is 18.4 Å². The van der Waals surface area contributed by atoms with E-state index in [1.54, 1.807) is 6.92 Å². The van der Waals surface area contributed by atoms with Crippen molar-refractivity contribution in [1.82, 2.24) is 5.32 Å². The van der Waals surface area contributed by atoms with Gasteiger partial charge < -0.3 is 15.2 Å². The Hall–Kier alpha value is -1.39. The average molecular weight is 265 g/mol. The van der Waals surface area contributed by atoms with E-state index in [1.165, 1.54) is 5.56 Å². The zero-order chi connectivity index (χ0) is 14.1. The van der Waals surface area contributed by atoms with E-state index in [1.807, 2.05) is 18.2 Å². The van der Waals surface area contributed by atoms with Crippen LogP contribution in [0.15, 0.2) is 30.3 Å². The smallest absolute Gasteiger partial charge is 0.308 e. The van der Waals surface area contributed by atoms with E-state index in [4.69, 9.17) is 4.74 Å². The van der Waals surface area contributed by atoms with Crippen LogP contribution in [0.4, 0.5) is 0 Å². The first-order chi connectivity index (χ1) is 9.17. The molecule has 2 atom stereocenters. The van der Waals surface area contributed by atoms with Gasteiger partial charge in [0.05, 0.1) is 19.1 Å². The Kier molecular flexibility index (Phi) is 7.15. The molecule has 0 fully saturated rings. The molecule has 2 N–H and O–H groups in total. The van der Waals surface area contributed by atoms with Crippen LogP contribution in [0.3, 0.4) is 0 Å². The quantitative estimate of drug-likeness (QED) is 0.706. The Morgan fingerprint density at radius 1 is 1.32 bits per heavy atom. The topological polar surface area (TPSA) is 58.6 Å². The highest BCUT2D eigenvalue weighted by Gasteiger charge is 2.14. The van der Waals surface area contributed by atoms with Gasteiger partial charge in [0.15, 0.2) is 0 Å². The Morgan fingerprint density at radius 3 is 2.58 bits per heavy atom. The summed E-state index contributed by atoms with van der Waals surface area (Å²) in [6.07, 6.45) is 0.249. The minimum Gasteiger partial charge on any atom is -0.466 e. The van der Waals surface area contributed by atoms with Crippen molar-refractivity contribution in [2.75, 3.05) is 13.2 Å². The van der Waals surface area contributed by atoms with Gasteiger partial charge in [0, 0.05) is 12.6 Å². The lowest BCUT2D eigenvalue weighted by Gasteiger charge is -2.19. The number of carbonyl (C=O) groups is 1. The fraction of sp³-hybridized carbons (Fsp3) is 0.533. The SMILES string of the molecule is CCOC(=O)CC(O)CNC(CC)c1ccccc1. The van der Waals surface area contributed by atoms with Crippen molar-refractivity contribution in [3.05, 3.63) is 35.9 Å². The lowest BCUT2D eigenvalue weighted by Crippen LogP contribution is -2.32. The van der Waals surface area contributed by atoms with Crippen LogP contribution in [-0.4, -0.2) is 30.3 Å². The maximum Gasteiger partial charge on any atom is 0.308 e. The molecule has 0 aliphatic heterocycles. The van der Waals surface area contributed by atoms with Crippen molar-refractivity contribution < 1.29 is 14.6 Å². The van der Waals surface area contributed by atoms with E-state index in [0.717, 1.165) is 6.42 Å². The summed E-state index contributed by atoms with van der Waals surface area (Å²) in [4.78, 5) is 11.2. The zero-order valence-electron chi connectivity index (χ0n) is 11.6. The van der Waals surface area contributed by atoms with E-state index in [2.05, 4.69) is 24.4 Å². The number of aliphatic hydroxyl groups is 1. The maximum atomic E-state index is 11.2. The average Bonchev–Trinajstić information content (AvgIpc) is 2.41. The fourth-order valence-electron chi connectivity index (χ4n) is 1.95. The lowest BCUT2D eigenvalue weighted by molar-refractivity contribution is -0.145. The molecule has 0 spiro atoms. The largest absolute Gasteiger partial charge is 0.466 e. The first-order valence-electron chi connectivity index (χ1n) is 6.79. The number of nitrogens with one attached hydrogen (secondary N) is 1. The Balaban J connectivity index is 2.39. The van der Waals surface area contributed by atoms with E-state index < -0.39 is 6.10 Å². The molecule has 0 heterocycles. The van der Waals surface area contributed by atoms with Gasteiger partial charge in [-0.2, -0.15) is 0 Å². The summed E-state index contributed by atoms with van der Waals surface area (Å²) in [6.45, 7) is 4.57. The summed E-state index contributed by atoms with van der Waals surface area (Å²) in [6, 6.07) is 10.3. The molecule has 1 aromatic carbocycles. The van der Waals surface area contributed by atoms with Gasteiger partial charge in [0.2, 0.25) is 0 Å². The molecule has 0 amide bonds. The highest BCUT2D eigenvalue weighted by Crippen LogP contribution is 2.15. The third-order valence-corrected chi connectivity index (χ3v) is 2.92. The van der Waals surface area contributed by atoms with Crippen LogP contribution in [0.2, 0.25) is 0 Å². The third-order valence-electron chi connectivity index (χ3n) is 2.92. The molecule has 0 saturated heterocycles. The van der Waals surface area contributed by atoms with Gasteiger partial charge in [-0.15, -0.1) is 0 Å². The van der Waals surface area contributed by atoms with Crippen molar-refractivity contribution in [2.24, 2.45) is 0 Å². The number of rotatable bonds is 8. The molecule has 1 aromatic rings. The van der Waals surface area contributed by atoms with E-state index in [0.29, 0.717) is 13.2 Å². The van der Waals surface area contributed by atoms with Crippen molar-refractivity contribution in [3.8, 4) is 0 Å². The predicted molar refractivity (Wildman–Crippen MR) is 74.7 cm³/mol. The molecule has 106 valence electrons. The molecule has 4 heteroatoms. The highest BCUT2D eigenvalue weighted by atomic mass is 16.5. The first-order valence-corrected chi connectivity index (χ1v) is 6.79. The third kappa shape index (κ3) is 5.85. The van der Waals surface area contributed by atoms with Gasteiger partial charge in [0.1, 0.15) is 0 Å². The van der Waals surface area contributed by atoms with E-state index in [9.17, 15) is 9.90 Å². The second-order valence-corrected chi connectivity index (χ2v) is 4.44. The molecule has 0 saturated carbocycles. The number of hydrogen-bond donors (Lipinski definition) is 2. The number of hydrogen-bond acceptors (Lipinski definition) is 4. The molecule has 4 nitrogen and oxygen atoms in total. The van der Waals surface area contributed by atoms with E-state index >= 15 is 0 Å². The Bertz CT molecular complexity index is 367.